The number of hydrogen-bond acceptors (Lipinski definition) is 8. The number of rotatable bonds is 5. The summed E-state index contributed by atoms with van der Waals surface area (Å²) in [4.78, 5) is 4.61. The van der Waals surface area contributed by atoms with E-state index in [1.54, 1.807) is 37.4 Å². The van der Waals surface area contributed by atoms with Gasteiger partial charge in [-0.25, -0.2) is 18.7 Å². The number of benzene rings is 3. The standard InChI is InChI=1S/C30H24Cl3FN6O4/c1-15-35-29(40(37-15)23-12-18(31)8-10-20(23)33)28-26(41)25(39-13-22(36-38-39)17-7-9-19(32)21(34)11-17)27-24(43-28)14-42-30(44-27)16-5-3-2-4-6-16/h2-13,24-28,30,41H,14H2,1H3/t24-,25-,26-,27+,28-,30+/m1/s1. The molecule has 226 valence electrons. The molecule has 2 saturated heterocycles. The van der Waals surface area contributed by atoms with Crippen LogP contribution in [0.4, 0.5) is 4.39 Å². The fourth-order valence-electron chi connectivity index (χ4n) is 5.56. The van der Waals surface area contributed by atoms with E-state index in [1.807, 2.05) is 30.3 Å². The van der Waals surface area contributed by atoms with Crippen LogP contribution in [0.1, 0.15) is 35.6 Å². The predicted octanol–water partition coefficient (Wildman–Crippen LogP) is 6.09. The highest BCUT2D eigenvalue weighted by atomic mass is 35.5. The minimum Gasteiger partial charge on any atom is -0.388 e. The first-order valence-corrected chi connectivity index (χ1v) is 14.8. The number of aliphatic hydroxyl groups excluding tert-OH is 1. The molecule has 0 radical (unpaired) electrons. The first-order chi connectivity index (χ1) is 21.3. The average molecular weight is 658 g/mol. The van der Waals surface area contributed by atoms with Gasteiger partial charge in [0, 0.05) is 16.1 Å². The molecule has 7 rings (SSSR count). The molecule has 0 saturated carbocycles. The minimum absolute atomic E-state index is 0.00607. The summed E-state index contributed by atoms with van der Waals surface area (Å²) in [7, 11) is 0. The van der Waals surface area contributed by atoms with Crippen LogP contribution >= 0.6 is 34.8 Å². The van der Waals surface area contributed by atoms with Gasteiger partial charge in [0.25, 0.3) is 0 Å². The minimum atomic E-state index is -1.26. The second kappa shape index (κ2) is 11.8. The van der Waals surface area contributed by atoms with Crippen LogP contribution in [0, 0.1) is 12.7 Å². The number of aryl methyl sites for hydroxylation is 1. The molecule has 2 aromatic heterocycles. The van der Waals surface area contributed by atoms with E-state index < -0.39 is 42.6 Å². The van der Waals surface area contributed by atoms with Crippen molar-refractivity contribution in [3.63, 3.8) is 0 Å². The highest BCUT2D eigenvalue weighted by Gasteiger charge is 2.52. The van der Waals surface area contributed by atoms with Gasteiger partial charge in [0.15, 0.2) is 12.1 Å². The SMILES string of the molecule is Cc1nc([C@@H]2O[C@@H]3CO[C@H](c4ccccc4)O[C@@H]3[C@H](n3cc(-c4ccc(Cl)c(F)c4)nn3)[C@H]2O)n(-c2cc(Cl)ccc2Cl)n1. The van der Waals surface area contributed by atoms with E-state index >= 15 is 0 Å². The Morgan fingerprint density at radius 1 is 0.977 bits per heavy atom. The molecular formula is C30H24Cl3FN6O4. The van der Waals surface area contributed by atoms with Crippen LogP contribution in [0.5, 0.6) is 0 Å². The van der Waals surface area contributed by atoms with E-state index in [-0.39, 0.29) is 11.6 Å². The van der Waals surface area contributed by atoms with Crippen LogP contribution in [0.15, 0.2) is 72.9 Å². The van der Waals surface area contributed by atoms with E-state index in [0.717, 1.165) is 5.56 Å². The zero-order valence-electron chi connectivity index (χ0n) is 23.0. The lowest BCUT2D eigenvalue weighted by Crippen LogP contribution is -2.57. The number of aromatic nitrogens is 6. The Morgan fingerprint density at radius 2 is 1.77 bits per heavy atom. The Kier molecular flexibility index (Phi) is 7.87. The van der Waals surface area contributed by atoms with Gasteiger partial charge in [-0.15, -0.1) is 5.10 Å². The van der Waals surface area contributed by atoms with Crippen LogP contribution in [0.3, 0.4) is 0 Å². The third-order valence-electron chi connectivity index (χ3n) is 7.61. The van der Waals surface area contributed by atoms with Crippen molar-refractivity contribution < 1.29 is 23.7 Å². The van der Waals surface area contributed by atoms with Crippen molar-refractivity contribution in [2.24, 2.45) is 0 Å². The summed E-state index contributed by atoms with van der Waals surface area (Å²) in [6, 6.07) is 18.0. The van der Waals surface area contributed by atoms with Crippen LogP contribution in [-0.4, -0.2) is 59.8 Å². The van der Waals surface area contributed by atoms with Crippen LogP contribution in [0.25, 0.3) is 16.9 Å². The fourth-order valence-corrected chi connectivity index (χ4v) is 6.04. The lowest BCUT2D eigenvalue weighted by atomic mass is 9.91. The third-order valence-corrected chi connectivity index (χ3v) is 8.47. The lowest BCUT2D eigenvalue weighted by molar-refractivity contribution is -0.319. The predicted molar refractivity (Wildman–Crippen MR) is 159 cm³/mol. The van der Waals surface area contributed by atoms with Crippen molar-refractivity contribution in [1.82, 2.24) is 29.8 Å². The molecule has 2 aliphatic heterocycles. The molecule has 1 N–H and O–H groups in total. The molecule has 10 nitrogen and oxygen atoms in total. The summed E-state index contributed by atoms with van der Waals surface area (Å²) in [5.74, 6) is 0.143. The molecule has 6 atom stereocenters. The van der Waals surface area contributed by atoms with E-state index in [0.29, 0.717) is 38.6 Å². The maximum Gasteiger partial charge on any atom is 0.184 e. The number of halogens is 4. The smallest absolute Gasteiger partial charge is 0.184 e. The maximum atomic E-state index is 14.3. The Bertz CT molecular complexity index is 1820. The fraction of sp³-hybridized carbons (Fsp3) is 0.267. The number of ether oxygens (including phenoxy) is 3. The first-order valence-electron chi connectivity index (χ1n) is 13.7. The van der Waals surface area contributed by atoms with Gasteiger partial charge in [-0.2, -0.15) is 5.10 Å². The molecule has 0 bridgehead atoms. The molecular weight excluding hydrogens is 634 g/mol. The van der Waals surface area contributed by atoms with Gasteiger partial charge >= 0.3 is 0 Å². The summed E-state index contributed by atoms with van der Waals surface area (Å²) in [6.45, 7) is 1.87. The highest BCUT2D eigenvalue weighted by molar-refractivity contribution is 6.34. The first kappa shape index (κ1) is 29.3. The zero-order valence-corrected chi connectivity index (χ0v) is 25.2. The summed E-state index contributed by atoms with van der Waals surface area (Å²) in [5.41, 5.74) is 2.12. The van der Waals surface area contributed by atoms with Gasteiger partial charge < -0.3 is 19.3 Å². The molecule has 14 heteroatoms. The molecule has 2 fully saturated rings. The van der Waals surface area contributed by atoms with Gasteiger partial charge in [-0.3, -0.25) is 0 Å². The van der Waals surface area contributed by atoms with E-state index in [1.165, 1.54) is 21.5 Å². The number of nitrogens with zero attached hydrogens (tertiary/aromatic N) is 6. The molecule has 4 heterocycles. The zero-order chi connectivity index (χ0) is 30.5. The van der Waals surface area contributed by atoms with Gasteiger partial charge in [0.05, 0.1) is 28.5 Å². The molecule has 0 amide bonds. The molecule has 0 unspecified atom stereocenters. The second-order valence-corrected chi connectivity index (χ2v) is 11.7. The third kappa shape index (κ3) is 5.39. The van der Waals surface area contributed by atoms with Crippen LogP contribution in [-0.2, 0) is 14.2 Å². The largest absolute Gasteiger partial charge is 0.388 e. The molecule has 2 aliphatic rings. The van der Waals surface area contributed by atoms with Crippen molar-refractivity contribution >= 4 is 34.8 Å². The summed E-state index contributed by atoms with van der Waals surface area (Å²) in [6.07, 6.45) is -2.73. The van der Waals surface area contributed by atoms with Crippen molar-refractivity contribution in [2.45, 2.75) is 43.7 Å². The number of aliphatic hydroxyl groups is 1. The molecule has 0 aliphatic carbocycles. The van der Waals surface area contributed by atoms with Crippen molar-refractivity contribution in [3.05, 3.63) is 111 Å². The van der Waals surface area contributed by atoms with Gasteiger partial charge in [-0.05, 0) is 37.3 Å². The Morgan fingerprint density at radius 3 is 2.57 bits per heavy atom. The second-order valence-electron chi connectivity index (χ2n) is 10.5. The summed E-state index contributed by atoms with van der Waals surface area (Å²) >= 11 is 18.7. The average Bonchev–Trinajstić information content (AvgIpc) is 3.66. The van der Waals surface area contributed by atoms with Crippen molar-refractivity contribution in [1.29, 1.82) is 0 Å². The van der Waals surface area contributed by atoms with Gasteiger partial charge in [0.1, 0.15) is 47.8 Å². The van der Waals surface area contributed by atoms with E-state index in [4.69, 9.17) is 49.0 Å². The van der Waals surface area contributed by atoms with E-state index in [9.17, 15) is 9.50 Å². The molecule has 0 spiro atoms. The lowest BCUT2D eigenvalue weighted by Gasteiger charge is -2.47. The highest BCUT2D eigenvalue weighted by Crippen LogP contribution is 2.44. The monoisotopic (exact) mass is 656 g/mol. The summed E-state index contributed by atoms with van der Waals surface area (Å²) in [5, 5.41) is 26.0. The topological polar surface area (TPSA) is 109 Å². The number of hydrogen-bond donors (Lipinski definition) is 1. The normalized spacial score (nSPS) is 25.1. The maximum absolute atomic E-state index is 14.3. The van der Waals surface area contributed by atoms with Crippen molar-refractivity contribution in [3.8, 4) is 16.9 Å². The molecule has 44 heavy (non-hydrogen) atoms. The van der Waals surface area contributed by atoms with E-state index in [2.05, 4.69) is 20.4 Å². The number of fused-ring (bicyclic) bond motifs is 1. The summed E-state index contributed by atoms with van der Waals surface area (Å²) < 4.78 is 36.3. The van der Waals surface area contributed by atoms with Gasteiger partial charge in [-0.1, -0.05) is 76.4 Å². The quantitative estimate of drug-likeness (QED) is 0.242. The Balaban J connectivity index is 1.30. The Hall–Kier alpha value is -3.42. The molecule has 5 aromatic rings. The van der Waals surface area contributed by atoms with Gasteiger partial charge in [0.2, 0.25) is 0 Å². The Labute approximate surface area is 265 Å². The van der Waals surface area contributed by atoms with Crippen LogP contribution < -0.4 is 0 Å². The van der Waals surface area contributed by atoms with Crippen LogP contribution in [0.2, 0.25) is 15.1 Å². The van der Waals surface area contributed by atoms with Crippen molar-refractivity contribution in [2.75, 3.05) is 6.61 Å². The molecule has 3 aromatic carbocycles.